The molecular weight excluding hydrogens is 526 g/mol. The number of carbonyl (C=O) groups is 2. The van der Waals surface area contributed by atoms with E-state index in [4.69, 9.17) is 4.74 Å². The number of ether oxygens (including phenoxy) is 1. The van der Waals surface area contributed by atoms with Crippen LogP contribution in [-0.2, 0) is 27.5 Å². The fourth-order valence-corrected chi connectivity index (χ4v) is 5.14. The Morgan fingerprint density at radius 1 is 0.833 bits per heavy atom. The summed E-state index contributed by atoms with van der Waals surface area (Å²) in [5, 5.41) is 16.3. The number of amides is 1. The highest BCUT2D eigenvalue weighted by Crippen LogP contribution is 2.28. The number of hydrogen-bond donors (Lipinski definition) is 1. The number of benzene rings is 4. The van der Waals surface area contributed by atoms with Gasteiger partial charge in [0.25, 0.3) is 0 Å². The number of aromatic nitrogens is 4. The van der Waals surface area contributed by atoms with Gasteiger partial charge in [-0.15, -0.1) is 10.2 Å². The van der Waals surface area contributed by atoms with Gasteiger partial charge in [0, 0.05) is 18.5 Å². The molecule has 1 heterocycles. The number of nitrogens with zero attached hydrogens (tertiary/aromatic N) is 4. The molecule has 8 nitrogen and oxygen atoms in total. The third kappa shape index (κ3) is 6.71. The van der Waals surface area contributed by atoms with Crippen LogP contribution in [0.4, 0.5) is 0 Å². The van der Waals surface area contributed by atoms with E-state index in [1.165, 1.54) is 0 Å². The predicted octanol–water partition coefficient (Wildman–Crippen LogP) is 6.58. The SMILES string of the molecule is CCCC(=O)N(Cc1ccc2cc(-c3ccc(-c4nn[nH]n4)cc3)ccc2c1)C(C(=O)OCc1ccccc1)C(C)C. The molecule has 214 valence electrons. The first-order valence-electron chi connectivity index (χ1n) is 14.3. The number of rotatable bonds is 11. The Morgan fingerprint density at radius 3 is 2.21 bits per heavy atom. The molecule has 0 spiro atoms. The summed E-state index contributed by atoms with van der Waals surface area (Å²) in [5.41, 5.74) is 4.94. The second-order valence-electron chi connectivity index (χ2n) is 10.8. The van der Waals surface area contributed by atoms with Crippen LogP contribution in [0, 0.1) is 5.92 Å². The standard InChI is InChI=1S/C34H35N5O3/c1-4-8-31(40)39(32(23(2)3)34(41)42-22-24-9-6-5-7-10-24)21-25-11-12-30-20-29(18-17-28(30)19-25)26-13-15-27(16-14-26)33-35-37-38-36-33/h5-7,9-20,23,32H,4,8,21-22H2,1-3H3,(H,35,36,37,38). The molecule has 5 rings (SSSR count). The largest absolute Gasteiger partial charge is 0.459 e. The van der Waals surface area contributed by atoms with Gasteiger partial charge in [-0.3, -0.25) is 4.79 Å². The number of aromatic amines is 1. The third-order valence-electron chi connectivity index (χ3n) is 7.30. The number of fused-ring (bicyclic) bond motifs is 1. The fraction of sp³-hybridized carbons (Fsp3) is 0.265. The molecule has 0 aliphatic heterocycles. The van der Waals surface area contributed by atoms with E-state index in [-0.39, 0.29) is 24.4 Å². The van der Waals surface area contributed by atoms with Crippen molar-refractivity contribution in [2.75, 3.05) is 0 Å². The van der Waals surface area contributed by atoms with Gasteiger partial charge in [0.05, 0.1) is 0 Å². The van der Waals surface area contributed by atoms with E-state index >= 15 is 0 Å². The van der Waals surface area contributed by atoms with Crippen LogP contribution in [0.15, 0.2) is 91.0 Å². The molecule has 1 N–H and O–H groups in total. The van der Waals surface area contributed by atoms with Crippen molar-refractivity contribution in [3.05, 3.63) is 102 Å². The molecule has 1 unspecified atom stereocenters. The van der Waals surface area contributed by atoms with E-state index in [1.54, 1.807) is 4.90 Å². The van der Waals surface area contributed by atoms with Gasteiger partial charge >= 0.3 is 5.97 Å². The Bertz CT molecular complexity index is 1630. The van der Waals surface area contributed by atoms with Crippen molar-refractivity contribution < 1.29 is 14.3 Å². The summed E-state index contributed by atoms with van der Waals surface area (Å²) < 4.78 is 5.71. The quantitative estimate of drug-likeness (QED) is 0.183. The molecule has 8 heteroatoms. The molecule has 0 fully saturated rings. The minimum atomic E-state index is -0.679. The zero-order valence-electron chi connectivity index (χ0n) is 24.2. The molecule has 1 amide bonds. The summed E-state index contributed by atoms with van der Waals surface area (Å²) in [5.74, 6) is 0.0217. The average Bonchev–Trinajstić information content (AvgIpc) is 3.55. The first kappa shape index (κ1) is 28.7. The fourth-order valence-electron chi connectivity index (χ4n) is 5.14. The summed E-state index contributed by atoms with van der Waals surface area (Å²) in [7, 11) is 0. The summed E-state index contributed by atoms with van der Waals surface area (Å²) in [6.45, 7) is 6.39. The van der Waals surface area contributed by atoms with Gasteiger partial charge in [-0.1, -0.05) is 99.6 Å². The first-order chi connectivity index (χ1) is 20.4. The second kappa shape index (κ2) is 13.2. The highest BCUT2D eigenvalue weighted by Gasteiger charge is 2.33. The van der Waals surface area contributed by atoms with Gasteiger partial charge in [0.2, 0.25) is 11.7 Å². The maximum Gasteiger partial charge on any atom is 0.329 e. The first-order valence-corrected chi connectivity index (χ1v) is 14.3. The molecule has 0 saturated heterocycles. The molecule has 5 aromatic rings. The van der Waals surface area contributed by atoms with E-state index in [0.29, 0.717) is 25.2 Å². The van der Waals surface area contributed by atoms with Crippen molar-refractivity contribution in [3.63, 3.8) is 0 Å². The Hall–Kier alpha value is -4.85. The lowest BCUT2D eigenvalue weighted by Crippen LogP contribution is -2.48. The van der Waals surface area contributed by atoms with Gasteiger partial charge in [-0.2, -0.15) is 5.21 Å². The predicted molar refractivity (Wildman–Crippen MR) is 163 cm³/mol. The van der Waals surface area contributed by atoms with Gasteiger partial charge in [0.1, 0.15) is 12.6 Å². The molecule has 0 aliphatic carbocycles. The maximum atomic E-state index is 13.3. The number of tetrazole rings is 1. The highest BCUT2D eigenvalue weighted by molar-refractivity contribution is 5.88. The number of carbonyl (C=O) groups excluding carboxylic acids is 2. The lowest BCUT2D eigenvalue weighted by atomic mass is 9.98. The van der Waals surface area contributed by atoms with E-state index in [2.05, 4.69) is 51.0 Å². The summed E-state index contributed by atoms with van der Waals surface area (Å²) >= 11 is 0. The van der Waals surface area contributed by atoms with Crippen molar-refractivity contribution in [2.24, 2.45) is 5.92 Å². The highest BCUT2D eigenvalue weighted by atomic mass is 16.5. The Kier molecular flexibility index (Phi) is 9.02. The molecule has 42 heavy (non-hydrogen) atoms. The Labute approximate surface area is 245 Å². The topological polar surface area (TPSA) is 101 Å². The maximum absolute atomic E-state index is 13.3. The summed E-state index contributed by atoms with van der Waals surface area (Å²) in [6, 6.07) is 29.5. The number of nitrogens with one attached hydrogen (secondary N) is 1. The average molecular weight is 562 g/mol. The van der Waals surface area contributed by atoms with Crippen LogP contribution < -0.4 is 0 Å². The van der Waals surface area contributed by atoms with Crippen LogP contribution in [0.3, 0.4) is 0 Å². The van der Waals surface area contributed by atoms with Gasteiger partial charge in [0.15, 0.2) is 0 Å². The van der Waals surface area contributed by atoms with Crippen LogP contribution >= 0.6 is 0 Å². The lowest BCUT2D eigenvalue weighted by Gasteiger charge is -2.33. The molecular formula is C34H35N5O3. The molecule has 0 bridgehead atoms. The minimum Gasteiger partial charge on any atom is -0.459 e. The molecule has 0 radical (unpaired) electrons. The molecule has 1 atom stereocenters. The van der Waals surface area contributed by atoms with Crippen LogP contribution in [0.2, 0.25) is 0 Å². The van der Waals surface area contributed by atoms with Crippen molar-refractivity contribution in [1.82, 2.24) is 25.5 Å². The second-order valence-corrected chi connectivity index (χ2v) is 10.8. The zero-order chi connectivity index (χ0) is 29.5. The monoisotopic (exact) mass is 561 g/mol. The van der Waals surface area contributed by atoms with Crippen molar-refractivity contribution in [2.45, 2.75) is 52.8 Å². The van der Waals surface area contributed by atoms with Crippen molar-refractivity contribution in [3.8, 4) is 22.5 Å². The normalized spacial score (nSPS) is 11.9. The van der Waals surface area contributed by atoms with E-state index in [9.17, 15) is 9.59 Å². The van der Waals surface area contributed by atoms with Crippen LogP contribution in [0.1, 0.15) is 44.7 Å². The smallest absolute Gasteiger partial charge is 0.329 e. The van der Waals surface area contributed by atoms with Crippen molar-refractivity contribution in [1.29, 1.82) is 0 Å². The van der Waals surface area contributed by atoms with E-state index in [1.807, 2.05) is 81.4 Å². The van der Waals surface area contributed by atoms with E-state index < -0.39 is 6.04 Å². The lowest BCUT2D eigenvalue weighted by molar-refractivity contribution is -0.159. The minimum absolute atomic E-state index is 0.0485. The molecule has 1 aromatic heterocycles. The summed E-state index contributed by atoms with van der Waals surface area (Å²) in [6.07, 6.45) is 1.08. The van der Waals surface area contributed by atoms with Crippen LogP contribution in [-0.4, -0.2) is 43.4 Å². The summed E-state index contributed by atoms with van der Waals surface area (Å²) in [4.78, 5) is 28.4. The van der Waals surface area contributed by atoms with E-state index in [0.717, 1.165) is 38.6 Å². The molecule has 0 saturated carbocycles. The van der Waals surface area contributed by atoms with Crippen LogP contribution in [0.5, 0.6) is 0 Å². The number of H-pyrrole nitrogens is 1. The van der Waals surface area contributed by atoms with Crippen LogP contribution in [0.25, 0.3) is 33.3 Å². The third-order valence-corrected chi connectivity index (χ3v) is 7.30. The molecule has 4 aromatic carbocycles. The Balaban J connectivity index is 1.36. The van der Waals surface area contributed by atoms with Crippen molar-refractivity contribution >= 4 is 22.6 Å². The zero-order valence-corrected chi connectivity index (χ0v) is 24.2. The number of hydrogen-bond acceptors (Lipinski definition) is 6. The number of esters is 1. The molecule has 0 aliphatic rings. The van der Waals surface area contributed by atoms with Gasteiger partial charge < -0.3 is 9.64 Å². The van der Waals surface area contributed by atoms with Gasteiger partial charge in [-0.05, 0) is 62.7 Å². The van der Waals surface area contributed by atoms with Gasteiger partial charge in [-0.25, -0.2) is 4.79 Å². The Morgan fingerprint density at radius 2 is 1.52 bits per heavy atom.